The third-order valence-electron chi connectivity index (χ3n) is 6.86. The molecule has 2 saturated heterocycles. The second kappa shape index (κ2) is 10.7. The second-order valence-electron chi connectivity index (χ2n) is 8.69. The van der Waals surface area contributed by atoms with E-state index in [2.05, 4.69) is 0 Å². The van der Waals surface area contributed by atoms with Crippen LogP contribution >= 0.6 is 7.60 Å². The molecule has 2 fully saturated rings. The molecule has 1 amide bonds. The van der Waals surface area contributed by atoms with Gasteiger partial charge in [-0.05, 0) is 11.1 Å². The first-order valence-corrected chi connectivity index (χ1v) is 13.0. The normalized spacial score (nSPS) is 28.9. The summed E-state index contributed by atoms with van der Waals surface area (Å²) < 4.78 is 36.9. The molecule has 2 aromatic rings. The minimum Gasteiger partial charge on any atom is -0.394 e. The van der Waals surface area contributed by atoms with Crippen molar-refractivity contribution in [2.75, 3.05) is 20.8 Å². The summed E-state index contributed by atoms with van der Waals surface area (Å²) in [5, 5.41) is 10.3. The van der Waals surface area contributed by atoms with Crippen molar-refractivity contribution in [3.05, 3.63) is 71.8 Å². The first kappa shape index (κ1) is 25.0. The molecule has 0 unspecified atom stereocenters. The number of carbonyl (C=O) groups excluding carboxylic acids is 1. The van der Waals surface area contributed by atoms with E-state index >= 15 is 0 Å². The van der Waals surface area contributed by atoms with Crippen molar-refractivity contribution in [1.82, 2.24) is 4.90 Å². The summed E-state index contributed by atoms with van der Waals surface area (Å²) in [6.07, 6.45) is -1.27. The molecule has 2 aliphatic heterocycles. The Labute approximate surface area is 200 Å². The van der Waals surface area contributed by atoms with Crippen LogP contribution in [0.2, 0.25) is 0 Å². The number of amides is 1. The first-order valence-electron chi connectivity index (χ1n) is 11.4. The van der Waals surface area contributed by atoms with Crippen LogP contribution in [0.1, 0.15) is 18.1 Å². The van der Waals surface area contributed by atoms with Crippen molar-refractivity contribution < 1.29 is 33.0 Å². The highest BCUT2D eigenvalue weighted by Crippen LogP contribution is 2.61. The average molecular weight is 490 g/mol. The van der Waals surface area contributed by atoms with Crippen molar-refractivity contribution in [2.45, 2.75) is 50.1 Å². The molecule has 9 heteroatoms. The molecule has 0 aliphatic carbocycles. The van der Waals surface area contributed by atoms with Crippen LogP contribution in [-0.4, -0.2) is 66.7 Å². The number of carbonyl (C=O) groups is 1. The van der Waals surface area contributed by atoms with E-state index in [1.807, 2.05) is 60.7 Å². The van der Waals surface area contributed by atoms with Gasteiger partial charge in [-0.3, -0.25) is 9.36 Å². The standard InChI is InChI=1S/C25H32NO7P/c1-17-24(34(29,30-2)31-3)21-23(33-16-19-12-8-5-9-13-19)22(20(14-27)26(21)25(17)28)32-15-18-10-6-4-7-11-18/h4-13,17,20-24,27H,14-16H2,1-3H3/t17-,20-,21+,22-,23-,24-/m1/s1. The summed E-state index contributed by atoms with van der Waals surface area (Å²) in [7, 11) is -0.995. The lowest BCUT2D eigenvalue weighted by Crippen LogP contribution is -2.44. The van der Waals surface area contributed by atoms with Gasteiger partial charge >= 0.3 is 7.60 Å². The summed E-state index contributed by atoms with van der Waals surface area (Å²) in [5.41, 5.74) is 1.16. The predicted octanol–water partition coefficient (Wildman–Crippen LogP) is 3.23. The Morgan fingerprint density at radius 2 is 1.38 bits per heavy atom. The fraction of sp³-hybridized carbons (Fsp3) is 0.480. The fourth-order valence-corrected chi connectivity index (χ4v) is 7.20. The van der Waals surface area contributed by atoms with Gasteiger partial charge in [-0.15, -0.1) is 0 Å². The van der Waals surface area contributed by atoms with Gasteiger partial charge in [0.25, 0.3) is 0 Å². The summed E-state index contributed by atoms with van der Waals surface area (Å²) >= 11 is 0. The molecule has 2 heterocycles. The van der Waals surface area contributed by atoms with Crippen LogP contribution in [0.5, 0.6) is 0 Å². The van der Waals surface area contributed by atoms with E-state index in [0.29, 0.717) is 0 Å². The van der Waals surface area contributed by atoms with E-state index in [1.54, 1.807) is 11.8 Å². The molecule has 0 spiro atoms. The number of aliphatic hydroxyl groups is 1. The molecular formula is C25H32NO7P. The maximum absolute atomic E-state index is 13.6. The quantitative estimate of drug-likeness (QED) is 0.512. The van der Waals surface area contributed by atoms with Crippen LogP contribution in [-0.2, 0) is 41.1 Å². The van der Waals surface area contributed by atoms with Gasteiger partial charge in [-0.1, -0.05) is 67.6 Å². The number of hydrogen-bond acceptors (Lipinski definition) is 7. The Balaban J connectivity index is 1.69. The zero-order valence-electron chi connectivity index (χ0n) is 19.7. The van der Waals surface area contributed by atoms with Gasteiger partial charge in [0.1, 0.15) is 12.2 Å². The Hall–Kier alpha value is -2.06. The number of ether oxygens (including phenoxy) is 2. The van der Waals surface area contributed by atoms with Crippen molar-refractivity contribution in [1.29, 1.82) is 0 Å². The van der Waals surface area contributed by atoms with E-state index in [1.165, 1.54) is 14.2 Å². The summed E-state index contributed by atoms with van der Waals surface area (Å²) in [4.78, 5) is 14.9. The van der Waals surface area contributed by atoms with Gasteiger partial charge < -0.3 is 28.5 Å². The van der Waals surface area contributed by atoms with Crippen molar-refractivity contribution in [2.24, 2.45) is 5.92 Å². The van der Waals surface area contributed by atoms with Gasteiger partial charge in [0.05, 0.1) is 43.5 Å². The van der Waals surface area contributed by atoms with Gasteiger partial charge in [0.15, 0.2) is 0 Å². The Kier molecular flexibility index (Phi) is 7.87. The molecule has 0 saturated carbocycles. The van der Waals surface area contributed by atoms with E-state index in [-0.39, 0.29) is 25.7 Å². The number of aliphatic hydroxyl groups excluding tert-OH is 1. The molecule has 2 aromatic carbocycles. The highest BCUT2D eigenvalue weighted by Gasteiger charge is 2.66. The smallest absolute Gasteiger partial charge is 0.336 e. The molecule has 0 bridgehead atoms. The molecule has 8 nitrogen and oxygen atoms in total. The molecule has 184 valence electrons. The Morgan fingerprint density at radius 3 is 1.85 bits per heavy atom. The summed E-state index contributed by atoms with van der Waals surface area (Å²) in [6, 6.07) is 18.1. The van der Waals surface area contributed by atoms with Gasteiger partial charge in [-0.25, -0.2) is 0 Å². The van der Waals surface area contributed by atoms with Crippen LogP contribution in [0.3, 0.4) is 0 Å². The Morgan fingerprint density at radius 1 is 0.882 bits per heavy atom. The van der Waals surface area contributed by atoms with Crippen LogP contribution in [0.4, 0.5) is 0 Å². The van der Waals surface area contributed by atoms with E-state index in [0.717, 1.165) is 11.1 Å². The van der Waals surface area contributed by atoms with E-state index in [9.17, 15) is 14.5 Å². The molecule has 1 N–H and O–H groups in total. The maximum Gasteiger partial charge on any atom is 0.336 e. The van der Waals surface area contributed by atoms with Crippen molar-refractivity contribution >= 4 is 13.5 Å². The Bertz CT molecular complexity index is 997. The predicted molar refractivity (Wildman–Crippen MR) is 126 cm³/mol. The van der Waals surface area contributed by atoms with E-state index < -0.39 is 43.5 Å². The largest absolute Gasteiger partial charge is 0.394 e. The molecule has 2 aliphatic rings. The van der Waals surface area contributed by atoms with Crippen LogP contribution in [0, 0.1) is 5.92 Å². The molecule has 0 radical (unpaired) electrons. The van der Waals surface area contributed by atoms with Gasteiger partial charge in [0.2, 0.25) is 5.91 Å². The molecule has 4 rings (SSSR count). The number of fused-ring (bicyclic) bond motifs is 1. The minimum atomic E-state index is -3.65. The van der Waals surface area contributed by atoms with Gasteiger partial charge in [-0.2, -0.15) is 0 Å². The SMILES string of the molecule is COP(=O)(OC)[C@H]1[C@@H]2[C@@H](OCc3ccccc3)[C@H](OCc3ccccc3)[C@@H](CO)N2C(=O)[C@@H]1C. The monoisotopic (exact) mass is 489 g/mol. The highest BCUT2D eigenvalue weighted by atomic mass is 31.2. The molecule has 34 heavy (non-hydrogen) atoms. The zero-order valence-corrected chi connectivity index (χ0v) is 20.5. The highest BCUT2D eigenvalue weighted by molar-refractivity contribution is 7.54. The number of hydrogen-bond donors (Lipinski definition) is 1. The van der Waals surface area contributed by atoms with Crippen molar-refractivity contribution in [3.63, 3.8) is 0 Å². The third kappa shape index (κ3) is 4.59. The molecule has 0 aromatic heterocycles. The second-order valence-corrected chi connectivity index (χ2v) is 11.1. The average Bonchev–Trinajstić information content (AvgIpc) is 3.32. The topological polar surface area (TPSA) is 94.5 Å². The lowest BCUT2D eigenvalue weighted by Gasteiger charge is -2.31. The van der Waals surface area contributed by atoms with Crippen LogP contribution in [0.25, 0.3) is 0 Å². The molecule has 6 atom stereocenters. The van der Waals surface area contributed by atoms with Crippen molar-refractivity contribution in [3.8, 4) is 0 Å². The maximum atomic E-state index is 13.6. The first-order chi connectivity index (χ1) is 16.4. The van der Waals surface area contributed by atoms with Crippen LogP contribution in [0.15, 0.2) is 60.7 Å². The number of rotatable bonds is 10. The summed E-state index contributed by atoms with van der Waals surface area (Å²) in [6.45, 7) is 1.97. The fourth-order valence-electron chi connectivity index (χ4n) is 5.20. The third-order valence-corrected chi connectivity index (χ3v) is 9.36. The minimum absolute atomic E-state index is 0.220. The number of nitrogens with zero attached hydrogens (tertiary/aromatic N) is 1. The zero-order chi connectivity index (χ0) is 24.3. The number of benzene rings is 2. The van der Waals surface area contributed by atoms with Gasteiger partial charge in [0, 0.05) is 14.2 Å². The summed E-state index contributed by atoms with van der Waals surface area (Å²) in [5.74, 6) is -0.842. The van der Waals surface area contributed by atoms with E-state index in [4.69, 9.17) is 18.5 Å². The molecular weight excluding hydrogens is 457 g/mol. The lowest BCUT2D eigenvalue weighted by molar-refractivity contribution is -0.135. The lowest BCUT2D eigenvalue weighted by atomic mass is 9.98. The van der Waals surface area contributed by atoms with Crippen LogP contribution < -0.4 is 0 Å².